The predicted octanol–water partition coefficient (Wildman–Crippen LogP) is 2.25. The van der Waals surface area contributed by atoms with Crippen LogP contribution in [-0.4, -0.2) is 21.1 Å². The molecule has 0 fully saturated rings. The van der Waals surface area contributed by atoms with Crippen molar-refractivity contribution in [3.05, 3.63) is 42.1 Å². The van der Waals surface area contributed by atoms with Crippen LogP contribution in [0.5, 0.6) is 0 Å². The summed E-state index contributed by atoms with van der Waals surface area (Å²) in [7, 11) is 0. The molecule has 0 bridgehead atoms. The predicted molar refractivity (Wildman–Crippen MR) is 68.2 cm³/mol. The van der Waals surface area contributed by atoms with Crippen LogP contribution in [0.2, 0.25) is 0 Å². The average Bonchev–Trinajstić information content (AvgIpc) is 2.76. The van der Waals surface area contributed by atoms with Gasteiger partial charge in [0.25, 0.3) is 0 Å². The van der Waals surface area contributed by atoms with Crippen molar-refractivity contribution in [1.29, 1.82) is 0 Å². The fourth-order valence-electron chi connectivity index (χ4n) is 1.88. The van der Waals surface area contributed by atoms with Crippen LogP contribution in [0.1, 0.15) is 31.3 Å². The lowest BCUT2D eigenvalue weighted by Crippen LogP contribution is -2.18. The normalized spacial score (nSPS) is 12.6. The van der Waals surface area contributed by atoms with Crippen LogP contribution < -0.4 is 5.32 Å². The van der Waals surface area contributed by atoms with Crippen LogP contribution in [-0.2, 0) is 0 Å². The highest BCUT2D eigenvalue weighted by Crippen LogP contribution is 2.15. The van der Waals surface area contributed by atoms with Crippen LogP contribution in [0.25, 0.3) is 5.82 Å². The molecule has 1 N–H and O–H groups in total. The third-order valence-corrected chi connectivity index (χ3v) is 2.85. The van der Waals surface area contributed by atoms with E-state index >= 15 is 0 Å². The first kappa shape index (κ1) is 11.8. The minimum Gasteiger partial charge on any atom is -0.310 e. The van der Waals surface area contributed by atoms with Crippen molar-refractivity contribution in [2.75, 3.05) is 6.54 Å². The summed E-state index contributed by atoms with van der Waals surface area (Å²) >= 11 is 0. The summed E-state index contributed by atoms with van der Waals surface area (Å²) < 4.78 is 1.99. The minimum absolute atomic E-state index is 0.338. The number of nitrogens with zero attached hydrogens (tertiary/aromatic N) is 3. The maximum Gasteiger partial charge on any atom is 0.138 e. The molecule has 0 saturated carbocycles. The highest BCUT2D eigenvalue weighted by molar-refractivity contribution is 5.30. The number of imidazole rings is 1. The second-order valence-corrected chi connectivity index (χ2v) is 4.07. The molecule has 0 saturated heterocycles. The Balaban J connectivity index is 2.32. The van der Waals surface area contributed by atoms with Gasteiger partial charge in [-0.15, -0.1) is 0 Å². The number of aryl methyl sites for hydroxylation is 1. The van der Waals surface area contributed by atoms with E-state index in [1.807, 2.05) is 30.0 Å². The standard InChI is InChI=1S/C13H18N4/c1-4-14-10(2)12-5-6-16-13(9-12)17-8-7-15-11(17)3/h5-10,14H,4H2,1-3H3. The Morgan fingerprint density at radius 2 is 2.18 bits per heavy atom. The molecule has 2 heterocycles. The Labute approximate surface area is 102 Å². The van der Waals surface area contributed by atoms with Gasteiger partial charge < -0.3 is 5.32 Å². The first-order valence-corrected chi connectivity index (χ1v) is 5.92. The summed E-state index contributed by atoms with van der Waals surface area (Å²) in [5.74, 6) is 1.87. The molecule has 2 aromatic heterocycles. The summed E-state index contributed by atoms with van der Waals surface area (Å²) in [6.07, 6.45) is 5.56. The Morgan fingerprint density at radius 1 is 1.35 bits per heavy atom. The van der Waals surface area contributed by atoms with Gasteiger partial charge in [0, 0.05) is 24.6 Å². The summed E-state index contributed by atoms with van der Waals surface area (Å²) in [6, 6.07) is 4.48. The first-order valence-electron chi connectivity index (χ1n) is 5.92. The molecule has 0 aromatic carbocycles. The maximum atomic E-state index is 4.38. The van der Waals surface area contributed by atoms with Crippen LogP contribution >= 0.6 is 0 Å². The number of hydrogen-bond acceptors (Lipinski definition) is 3. The van der Waals surface area contributed by atoms with E-state index in [1.54, 1.807) is 6.20 Å². The van der Waals surface area contributed by atoms with E-state index in [0.29, 0.717) is 6.04 Å². The zero-order valence-electron chi connectivity index (χ0n) is 10.5. The number of nitrogens with one attached hydrogen (secondary N) is 1. The summed E-state index contributed by atoms with van der Waals surface area (Å²) in [4.78, 5) is 8.59. The molecular formula is C13H18N4. The topological polar surface area (TPSA) is 42.7 Å². The first-order chi connectivity index (χ1) is 8.22. The summed E-state index contributed by atoms with van der Waals surface area (Å²) in [5.41, 5.74) is 1.24. The van der Waals surface area contributed by atoms with E-state index in [9.17, 15) is 0 Å². The Morgan fingerprint density at radius 3 is 2.82 bits per heavy atom. The molecule has 0 aliphatic heterocycles. The van der Waals surface area contributed by atoms with Gasteiger partial charge in [-0.2, -0.15) is 0 Å². The fraction of sp³-hybridized carbons (Fsp3) is 0.385. The summed E-state index contributed by atoms with van der Waals surface area (Å²) in [6.45, 7) is 7.20. The third-order valence-electron chi connectivity index (χ3n) is 2.85. The molecule has 0 spiro atoms. The zero-order chi connectivity index (χ0) is 12.3. The van der Waals surface area contributed by atoms with E-state index in [1.165, 1.54) is 5.56 Å². The minimum atomic E-state index is 0.338. The molecule has 17 heavy (non-hydrogen) atoms. The van der Waals surface area contributed by atoms with Crippen molar-refractivity contribution in [2.45, 2.75) is 26.8 Å². The number of aromatic nitrogens is 3. The smallest absolute Gasteiger partial charge is 0.138 e. The van der Waals surface area contributed by atoms with Crippen molar-refractivity contribution in [3.8, 4) is 5.82 Å². The lowest BCUT2D eigenvalue weighted by atomic mass is 10.1. The van der Waals surface area contributed by atoms with Crippen molar-refractivity contribution in [3.63, 3.8) is 0 Å². The molecule has 4 nitrogen and oxygen atoms in total. The molecular weight excluding hydrogens is 212 g/mol. The molecule has 2 aromatic rings. The van der Waals surface area contributed by atoms with E-state index < -0.39 is 0 Å². The molecule has 0 aliphatic rings. The second kappa shape index (κ2) is 5.10. The van der Waals surface area contributed by atoms with E-state index in [4.69, 9.17) is 0 Å². The van der Waals surface area contributed by atoms with Gasteiger partial charge in [0.05, 0.1) is 0 Å². The Kier molecular flexibility index (Phi) is 3.54. The van der Waals surface area contributed by atoms with Crippen molar-refractivity contribution in [1.82, 2.24) is 19.9 Å². The molecule has 4 heteroatoms. The van der Waals surface area contributed by atoms with Gasteiger partial charge in [-0.05, 0) is 38.1 Å². The second-order valence-electron chi connectivity index (χ2n) is 4.07. The lowest BCUT2D eigenvalue weighted by molar-refractivity contribution is 0.597. The van der Waals surface area contributed by atoms with Crippen molar-refractivity contribution in [2.24, 2.45) is 0 Å². The van der Waals surface area contributed by atoms with Gasteiger partial charge in [-0.1, -0.05) is 6.92 Å². The molecule has 1 atom stereocenters. The zero-order valence-corrected chi connectivity index (χ0v) is 10.5. The number of rotatable bonds is 4. The monoisotopic (exact) mass is 230 g/mol. The van der Waals surface area contributed by atoms with E-state index in [2.05, 4.69) is 35.2 Å². The molecule has 1 unspecified atom stereocenters. The highest BCUT2D eigenvalue weighted by Gasteiger charge is 2.07. The summed E-state index contributed by atoms with van der Waals surface area (Å²) in [5, 5.41) is 3.40. The number of hydrogen-bond donors (Lipinski definition) is 1. The van der Waals surface area contributed by atoms with Gasteiger partial charge >= 0.3 is 0 Å². The van der Waals surface area contributed by atoms with Crippen molar-refractivity contribution < 1.29 is 0 Å². The quantitative estimate of drug-likeness (QED) is 0.876. The Hall–Kier alpha value is -1.68. The van der Waals surface area contributed by atoms with E-state index in [0.717, 1.165) is 18.2 Å². The molecule has 0 aliphatic carbocycles. The van der Waals surface area contributed by atoms with Gasteiger partial charge in [0.15, 0.2) is 0 Å². The van der Waals surface area contributed by atoms with Gasteiger partial charge in [0.2, 0.25) is 0 Å². The number of pyridine rings is 1. The molecule has 0 amide bonds. The molecule has 2 rings (SSSR count). The van der Waals surface area contributed by atoms with Crippen molar-refractivity contribution >= 4 is 0 Å². The molecule has 0 radical (unpaired) electrons. The van der Waals surface area contributed by atoms with Gasteiger partial charge in [-0.25, -0.2) is 9.97 Å². The van der Waals surface area contributed by atoms with Crippen LogP contribution in [0.4, 0.5) is 0 Å². The van der Waals surface area contributed by atoms with Crippen LogP contribution in [0.3, 0.4) is 0 Å². The molecule has 90 valence electrons. The largest absolute Gasteiger partial charge is 0.310 e. The van der Waals surface area contributed by atoms with Crippen LogP contribution in [0.15, 0.2) is 30.7 Å². The fourth-order valence-corrected chi connectivity index (χ4v) is 1.88. The maximum absolute atomic E-state index is 4.38. The van der Waals surface area contributed by atoms with Gasteiger partial charge in [0.1, 0.15) is 11.6 Å². The average molecular weight is 230 g/mol. The highest BCUT2D eigenvalue weighted by atomic mass is 15.1. The van der Waals surface area contributed by atoms with Gasteiger partial charge in [-0.3, -0.25) is 4.57 Å². The van der Waals surface area contributed by atoms with E-state index in [-0.39, 0.29) is 0 Å². The van der Waals surface area contributed by atoms with Crippen LogP contribution in [0, 0.1) is 6.92 Å². The SMILES string of the molecule is CCNC(C)c1ccnc(-n2ccnc2C)c1. The lowest BCUT2D eigenvalue weighted by Gasteiger charge is -2.13. The third kappa shape index (κ3) is 2.53. The Bertz CT molecular complexity index is 490.